The molecule has 5 nitrogen and oxygen atoms in total. The second-order valence-electron chi connectivity index (χ2n) is 6.44. The largest absolute Gasteiger partial charge is 0.476 e. The van der Waals surface area contributed by atoms with Crippen LogP contribution in [0.3, 0.4) is 0 Å². The quantitative estimate of drug-likeness (QED) is 0.737. The van der Waals surface area contributed by atoms with Gasteiger partial charge in [-0.05, 0) is 18.1 Å². The number of nitrogens with one attached hydrogen (secondary N) is 1. The van der Waals surface area contributed by atoms with Crippen molar-refractivity contribution in [2.24, 2.45) is 5.92 Å². The number of rotatable bonds is 6. The maximum Gasteiger partial charge on any atom is 0.257 e. The first-order valence-electron chi connectivity index (χ1n) is 8.57. The summed E-state index contributed by atoms with van der Waals surface area (Å²) in [6.07, 6.45) is 0. The van der Waals surface area contributed by atoms with Gasteiger partial charge in [0, 0.05) is 12.1 Å². The van der Waals surface area contributed by atoms with Crippen molar-refractivity contribution in [3.8, 4) is 17.1 Å². The Morgan fingerprint density at radius 2 is 1.77 bits per heavy atom. The second-order valence-corrected chi connectivity index (χ2v) is 6.44. The summed E-state index contributed by atoms with van der Waals surface area (Å²) in [7, 11) is 0. The number of hydrogen-bond acceptors (Lipinski definition) is 4. The standard InChI is InChI=1S/C21H21NO4/c1-14(2)12-22-18(23)13-25-21-19(24)16-10-6-7-11-17(16)26-20(21)15-8-4-3-5-9-15/h3-11,14H,12-13H2,1-2H3,(H,22,23). The Bertz CT molecular complexity index is 961. The van der Waals surface area contributed by atoms with E-state index in [0.29, 0.717) is 34.8 Å². The van der Waals surface area contributed by atoms with E-state index in [2.05, 4.69) is 5.32 Å². The maximum atomic E-state index is 12.9. The minimum Gasteiger partial charge on any atom is -0.476 e. The van der Waals surface area contributed by atoms with Crippen molar-refractivity contribution in [3.63, 3.8) is 0 Å². The van der Waals surface area contributed by atoms with E-state index in [1.165, 1.54) is 0 Å². The molecule has 1 N–H and O–H groups in total. The lowest BCUT2D eigenvalue weighted by molar-refractivity contribution is -0.123. The lowest BCUT2D eigenvalue weighted by atomic mass is 10.1. The molecule has 2 aromatic carbocycles. The first-order chi connectivity index (χ1) is 12.6. The van der Waals surface area contributed by atoms with E-state index in [0.717, 1.165) is 0 Å². The summed E-state index contributed by atoms with van der Waals surface area (Å²) < 4.78 is 11.5. The first kappa shape index (κ1) is 17.7. The number of amides is 1. The van der Waals surface area contributed by atoms with Crippen LogP contribution >= 0.6 is 0 Å². The Morgan fingerprint density at radius 1 is 1.08 bits per heavy atom. The molecule has 3 rings (SSSR count). The van der Waals surface area contributed by atoms with Gasteiger partial charge in [0.05, 0.1) is 5.39 Å². The zero-order valence-electron chi connectivity index (χ0n) is 14.8. The number of ether oxygens (including phenoxy) is 1. The minimum absolute atomic E-state index is 0.0506. The topological polar surface area (TPSA) is 68.5 Å². The zero-order chi connectivity index (χ0) is 18.5. The maximum absolute atomic E-state index is 12.9. The van der Waals surface area contributed by atoms with Gasteiger partial charge < -0.3 is 14.5 Å². The predicted octanol–water partition coefficient (Wildman–Crippen LogP) is 3.61. The Morgan fingerprint density at radius 3 is 2.50 bits per heavy atom. The van der Waals surface area contributed by atoms with Crippen molar-refractivity contribution in [3.05, 3.63) is 64.8 Å². The van der Waals surface area contributed by atoms with Crippen molar-refractivity contribution < 1.29 is 13.9 Å². The molecular weight excluding hydrogens is 330 g/mol. The van der Waals surface area contributed by atoms with E-state index in [1.807, 2.05) is 44.2 Å². The normalized spacial score (nSPS) is 10.9. The average Bonchev–Trinajstić information content (AvgIpc) is 2.66. The molecule has 0 aliphatic carbocycles. The number of para-hydroxylation sites is 1. The highest BCUT2D eigenvalue weighted by atomic mass is 16.5. The van der Waals surface area contributed by atoms with Gasteiger partial charge in [0.25, 0.3) is 5.91 Å². The van der Waals surface area contributed by atoms with Crippen molar-refractivity contribution in [2.45, 2.75) is 13.8 Å². The summed E-state index contributed by atoms with van der Waals surface area (Å²) in [5.74, 6) is 0.440. The molecule has 1 aromatic heterocycles. The van der Waals surface area contributed by atoms with Gasteiger partial charge in [-0.15, -0.1) is 0 Å². The molecule has 0 atom stereocenters. The van der Waals surface area contributed by atoms with E-state index in [4.69, 9.17) is 9.15 Å². The van der Waals surface area contributed by atoms with E-state index in [9.17, 15) is 9.59 Å². The fraction of sp³-hybridized carbons (Fsp3) is 0.238. The zero-order valence-corrected chi connectivity index (χ0v) is 14.8. The van der Waals surface area contributed by atoms with Crippen LogP contribution in [0.2, 0.25) is 0 Å². The highest BCUT2D eigenvalue weighted by Crippen LogP contribution is 2.30. The minimum atomic E-state index is -0.289. The van der Waals surface area contributed by atoms with Crippen LogP contribution in [0.4, 0.5) is 0 Å². The van der Waals surface area contributed by atoms with Crippen LogP contribution in [0.1, 0.15) is 13.8 Å². The highest BCUT2D eigenvalue weighted by Gasteiger charge is 2.18. The number of hydrogen-bond donors (Lipinski definition) is 1. The van der Waals surface area contributed by atoms with Crippen molar-refractivity contribution in [2.75, 3.05) is 13.2 Å². The molecule has 0 bridgehead atoms. The summed E-state index contributed by atoms with van der Waals surface area (Å²) in [5.41, 5.74) is 0.906. The highest BCUT2D eigenvalue weighted by molar-refractivity contribution is 5.82. The monoisotopic (exact) mass is 351 g/mol. The molecule has 26 heavy (non-hydrogen) atoms. The molecule has 0 saturated heterocycles. The summed E-state index contributed by atoms with van der Waals surface area (Å²) in [6, 6.07) is 16.2. The van der Waals surface area contributed by atoms with Gasteiger partial charge in [-0.1, -0.05) is 56.3 Å². The molecule has 1 amide bonds. The Balaban J connectivity index is 1.98. The van der Waals surface area contributed by atoms with Crippen molar-refractivity contribution in [1.82, 2.24) is 5.32 Å². The van der Waals surface area contributed by atoms with Crippen molar-refractivity contribution >= 4 is 16.9 Å². The first-order valence-corrected chi connectivity index (χ1v) is 8.57. The average molecular weight is 351 g/mol. The van der Waals surface area contributed by atoms with Gasteiger partial charge in [0.1, 0.15) is 5.58 Å². The SMILES string of the molecule is CC(C)CNC(=O)COc1c(-c2ccccc2)oc2ccccc2c1=O. The third-order valence-corrected chi connectivity index (χ3v) is 3.85. The van der Waals surface area contributed by atoms with Crippen LogP contribution in [0.25, 0.3) is 22.3 Å². The van der Waals surface area contributed by atoms with Crippen LogP contribution in [0, 0.1) is 5.92 Å². The molecule has 0 fully saturated rings. The molecule has 0 radical (unpaired) electrons. The molecule has 3 aromatic rings. The summed E-state index contributed by atoms with van der Waals surface area (Å²) in [4.78, 5) is 24.9. The van der Waals surface area contributed by atoms with Crippen LogP contribution in [-0.2, 0) is 4.79 Å². The molecule has 0 saturated carbocycles. The van der Waals surface area contributed by atoms with Crippen LogP contribution in [-0.4, -0.2) is 19.1 Å². The number of fused-ring (bicyclic) bond motifs is 1. The molecule has 0 aliphatic rings. The molecule has 0 unspecified atom stereocenters. The van der Waals surface area contributed by atoms with Gasteiger partial charge in [-0.2, -0.15) is 0 Å². The van der Waals surface area contributed by atoms with E-state index in [-0.39, 0.29) is 23.7 Å². The van der Waals surface area contributed by atoms with E-state index >= 15 is 0 Å². The molecule has 5 heteroatoms. The second kappa shape index (κ2) is 7.87. The fourth-order valence-corrected chi connectivity index (χ4v) is 2.54. The van der Waals surface area contributed by atoms with Gasteiger partial charge in [0.2, 0.25) is 11.2 Å². The number of benzene rings is 2. The molecule has 134 valence electrons. The lowest BCUT2D eigenvalue weighted by Crippen LogP contribution is -2.32. The van der Waals surface area contributed by atoms with Gasteiger partial charge in [0.15, 0.2) is 12.4 Å². The van der Waals surface area contributed by atoms with Gasteiger partial charge in [-0.3, -0.25) is 9.59 Å². The lowest BCUT2D eigenvalue weighted by Gasteiger charge is -2.12. The van der Waals surface area contributed by atoms with E-state index < -0.39 is 0 Å². The van der Waals surface area contributed by atoms with Crippen LogP contribution in [0.15, 0.2) is 63.8 Å². The van der Waals surface area contributed by atoms with Gasteiger partial charge in [-0.25, -0.2) is 0 Å². The molecule has 1 heterocycles. The summed E-state index contributed by atoms with van der Waals surface area (Å²) in [6.45, 7) is 4.33. The molecule has 0 spiro atoms. The van der Waals surface area contributed by atoms with Gasteiger partial charge >= 0.3 is 0 Å². The summed E-state index contributed by atoms with van der Waals surface area (Å²) >= 11 is 0. The third kappa shape index (κ3) is 3.94. The Hall–Kier alpha value is -3.08. The fourth-order valence-electron chi connectivity index (χ4n) is 2.54. The Labute approximate surface area is 151 Å². The van der Waals surface area contributed by atoms with Crippen LogP contribution < -0.4 is 15.5 Å². The van der Waals surface area contributed by atoms with Crippen molar-refractivity contribution in [1.29, 1.82) is 0 Å². The number of carbonyl (C=O) groups excluding carboxylic acids is 1. The van der Waals surface area contributed by atoms with Crippen LogP contribution in [0.5, 0.6) is 5.75 Å². The number of carbonyl (C=O) groups is 1. The van der Waals surface area contributed by atoms with E-state index in [1.54, 1.807) is 24.3 Å². The third-order valence-electron chi connectivity index (χ3n) is 3.85. The summed E-state index contributed by atoms with van der Waals surface area (Å²) in [5, 5.41) is 3.19. The Kier molecular flexibility index (Phi) is 5.37. The molecular formula is C21H21NO4. The predicted molar refractivity (Wildman–Crippen MR) is 101 cm³/mol. The molecule has 0 aliphatic heterocycles. The smallest absolute Gasteiger partial charge is 0.257 e.